The van der Waals surface area contributed by atoms with E-state index in [1.54, 1.807) is 19.2 Å². The molecule has 0 unspecified atom stereocenters. The molecule has 0 saturated carbocycles. The molecule has 6 nitrogen and oxygen atoms in total. The topological polar surface area (TPSA) is 86.5 Å². The van der Waals surface area contributed by atoms with E-state index < -0.39 is 0 Å². The van der Waals surface area contributed by atoms with E-state index in [0.717, 1.165) is 0 Å². The van der Waals surface area contributed by atoms with Gasteiger partial charge in [0, 0.05) is 32.0 Å². The number of hydrogen-bond acceptors (Lipinski definition) is 5. The number of aliphatic hydroxyl groups excluding tert-OH is 1. The maximum Gasteiger partial charge on any atom is 0.272 e. The van der Waals surface area contributed by atoms with Crippen LogP contribution in [0.5, 0.6) is 0 Å². The zero-order valence-corrected chi connectivity index (χ0v) is 11.9. The highest BCUT2D eigenvalue weighted by Gasteiger charge is 2.16. The Bertz CT molecular complexity index is 552. The number of nitrogens with zero attached hydrogens (tertiary/aromatic N) is 3. The van der Waals surface area contributed by atoms with Crippen LogP contribution in [-0.2, 0) is 4.74 Å². The Morgan fingerprint density at radius 3 is 2.86 bits per heavy atom. The second-order valence-electron chi connectivity index (χ2n) is 4.09. The van der Waals surface area contributed by atoms with E-state index in [2.05, 4.69) is 16.8 Å². The molecule has 1 aromatic heterocycles. The number of aromatic nitrogens is 1. The van der Waals surface area contributed by atoms with E-state index >= 15 is 0 Å². The van der Waals surface area contributed by atoms with Crippen molar-refractivity contribution in [3.05, 3.63) is 29.6 Å². The first-order valence-electron chi connectivity index (χ1n) is 6.44. The molecule has 0 spiro atoms. The van der Waals surface area contributed by atoms with Crippen molar-refractivity contribution in [3.63, 3.8) is 0 Å². The Kier molecular flexibility index (Phi) is 7.52. The monoisotopic (exact) mass is 287 g/mol. The second kappa shape index (κ2) is 9.49. The number of amides is 1. The van der Waals surface area contributed by atoms with Gasteiger partial charge >= 0.3 is 0 Å². The van der Waals surface area contributed by atoms with Gasteiger partial charge in [0.05, 0.1) is 19.1 Å². The predicted molar refractivity (Wildman–Crippen MR) is 76.2 cm³/mol. The zero-order valence-electron chi connectivity index (χ0n) is 11.9. The van der Waals surface area contributed by atoms with Crippen molar-refractivity contribution in [1.29, 1.82) is 5.26 Å². The third-order valence-corrected chi connectivity index (χ3v) is 2.64. The molecule has 0 aliphatic heterocycles. The average Bonchev–Trinajstić information content (AvgIpc) is 2.53. The summed E-state index contributed by atoms with van der Waals surface area (Å²) in [5, 5.41) is 17.3. The number of carbonyl (C=O) groups is 1. The molecule has 1 aromatic rings. The summed E-state index contributed by atoms with van der Waals surface area (Å²) < 4.78 is 4.96. The number of hydrogen-bond donors (Lipinski definition) is 1. The maximum absolute atomic E-state index is 12.3. The minimum absolute atomic E-state index is 0.223. The first-order valence-corrected chi connectivity index (χ1v) is 6.44. The van der Waals surface area contributed by atoms with Crippen molar-refractivity contribution in [3.8, 4) is 17.9 Å². The number of aliphatic hydroxyl groups is 1. The van der Waals surface area contributed by atoms with Gasteiger partial charge in [0.1, 0.15) is 12.3 Å². The third-order valence-electron chi connectivity index (χ3n) is 2.64. The first-order chi connectivity index (χ1) is 10.2. The van der Waals surface area contributed by atoms with Crippen LogP contribution in [0.2, 0.25) is 0 Å². The van der Waals surface area contributed by atoms with Crippen LogP contribution in [0.25, 0.3) is 0 Å². The van der Waals surface area contributed by atoms with Crippen LogP contribution in [0.3, 0.4) is 0 Å². The molecule has 0 atom stereocenters. The van der Waals surface area contributed by atoms with Gasteiger partial charge in [-0.3, -0.25) is 4.79 Å². The van der Waals surface area contributed by atoms with E-state index in [1.165, 1.54) is 11.1 Å². The van der Waals surface area contributed by atoms with Gasteiger partial charge in [0.25, 0.3) is 5.91 Å². The SMILES string of the molecule is COCCN(CCC#N)C(=O)c1ccc(C#CCO)cn1. The summed E-state index contributed by atoms with van der Waals surface area (Å²) in [7, 11) is 1.56. The highest BCUT2D eigenvalue weighted by Crippen LogP contribution is 2.05. The summed E-state index contributed by atoms with van der Waals surface area (Å²) >= 11 is 0. The average molecular weight is 287 g/mol. The quantitative estimate of drug-likeness (QED) is 0.767. The molecule has 0 aliphatic carbocycles. The van der Waals surface area contributed by atoms with E-state index in [4.69, 9.17) is 15.1 Å². The maximum atomic E-state index is 12.3. The summed E-state index contributed by atoms with van der Waals surface area (Å²) in [4.78, 5) is 17.9. The van der Waals surface area contributed by atoms with Gasteiger partial charge in [-0.2, -0.15) is 5.26 Å². The predicted octanol–water partition coefficient (Wildman–Crippen LogP) is 0.428. The van der Waals surface area contributed by atoms with E-state index in [-0.39, 0.29) is 18.9 Å². The molecule has 6 heteroatoms. The van der Waals surface area contributed by atoms with Gasteiger partial charge in [0.15, 0.2) is 0 Å². The van der Waals surface area contributed by atoms with Crippen molar-refractivity contribution < 1.29 is 14.6 Å². The lowest BCUT2D eigenvalue weighted by molar-refractivity contribution is 0.0694. The zero-order chi connectivity index (χ0) is 15.5. The largest absolute Gasteiger partial charge is 0.384 e. The van der Waals surface area contributed by atoms with Crippen LogP contribution >= 0.6 is 0 Å². The van der Waals surface area contributed by atoms with E-state index in [0.29, 0.717) is 31.0 Å². The molecule has 0 aliphatic rings. The van der Waals surface area contributed by atoms with Crippen LogP contribution in [0, 0.1) is 23.2 Å². The Morgan fingerprint density at radius 1 is 1.48 bits per heavy atom. The molecule has 0 bridgehead atoms. The van der Waals surface area contributed by atoms with Crippen molar-refractivity contribution in [2.45, 2.75) is 6.42 Å². The number of nitriles is 1. The summed E-state index contributed by atoms with van der Waals surface area (Å²) in [5.41, 5.74) is 0.916. The summed E-state index contributed by atoms with van der Waals surface area (Å²) in [6, 6.07) is 5.26. The normalized spacial score (nSPS) is 9.38. The summed E-state index contributed by atoms with van der Waals surface area (Å²) in [6.07, 6.45) is 1.74. The molecule has 21 heavy (non-hydrogen) atoms. The highest BCUT2D eigenvalue weighted by molar-refractivity contribution is 5.92. The molecule has 0 saturated heterocycles. The molecule has 110 valence electrons. The fourth-order valence-electron chi connectivity index (χ4n) is 1.60. The minimum Gasteiger partial charge on any atom is -0.384 e. The lowest BCUT2D eigenvalue weighted by Crippen LogP contribution is -2.35. The molecule has 0 radical (unpaired) electrons. The first kappa shape index (κ1) is 16.6. The minimum atomic E-state index is -0.246. The molecule has 1 heterocycles. The molecule has 1 amide bonds. The Labute approximate surface area is 124 Å². The number of pyridine rings is 1. The molecular weight excluding hydrogens is 270 g/mol. The summed E-state index contributed by atoms with van der Waals surface area (Å²) in [5.74, 6) is 4.97. The number of methoxy groups -OCH3 is 1. The summed E-state index contributed by atoms with van der Waals surface area (Å²) in [6.45, 7) is 0.925. The van der Waals surface area contributed by atoms with Gasteiger partial charge in [-0.25, -0.2) is 4.98 Å². The molecule has 0 fully saturated rings. The van der Waals surface area contributed by atoms with Crippen LogP contribution in [-0.4, -0.2) is 54.3 Å². The number of carbonyl (C=O) groups excluding carboxylic acids is 1. The van der Waals surface area contributed by atoms with E-state index in [9.17, 15) is 4.79 Å². The standard InChI is InChI=1S/C15H17N3O3/c1-21-11-9-18(8-3-7-16)15(20)14-6-5-13(12-17-14)4-2-10-19/h5-6,12,19H,3,8-11H2,1H3. The van der Waals surface area contributed by atoms with Gasteiger partial charge in [-0.05, 0) is 12.1 Å². The third kappa shape index (κ3) is 5.62. The number of rotatable bonds is 6. The van der Waals surface area contributed by atoms with Gasteiger partial charge in [-0.1, -0.05) is 11.8 Å². The molecule has 1 rings (SSSR count). The van der Waals surface area contributed by atoms with Crippen molar-refractivity contribution >= 4 is 5.91 Å². The molecule has 1 N–H and O–H groups in total. The van der Waals surface area contributed by atoms with Gasteiger partial charge in [0.2, 0.25) is 0 Å². The molecular formula is C15H17N3O3. The number of ether oxygens (including phenoxy) is 1. The van der Waals surface area contributed by atoms with Crippen molar-refractivity contribution in [2.24, 2.45) is 0 Å². The van der Waals surface area contributed by atoms with Crippen LogP contribution in [0.1, 0.15) is 22.5 Å². The second-order valence-corrected chi connectivity index (χ2v) is 4.09. The van der Waals surface area contributed by atoms with Crippen molar-refractivity contribution in [2.75, 3.05) is 33.4 Å². The lowest BCUT2D eigenvalue weighted by atomic mass is 10.2. The van der Waals surface area contributed by atoms with Crippen molar-refractivity contribution in [1.82, 2.24) is 9.88 Å². The van der Waals surface area contributed by atoms with Crippen LogP contribution in [0.15, 0.2) is 18.3 Å². The molecule has 0 aromatic carbocycles. The fourth-order valence-corrected chi connectivity index (χ4v) is 1.60. The van der Waals surface area contributed by atoms with E-state index in [1.807, 2.05) is 6.07 Å². The van der Waals surface area contributed by atoms with Gasteiger partial charge < -0.3 is 14.7 Å². The lowest BCUT2D eigenvalue weighted by Gasteiger charge is -2.20. The Morgan fingerprint density at radius 2 is 2.29 bits per heavy atom. The van der Waals surface area contributed by atoms with Gasteiger partial charge in [-0.15, -0.1) is 0 Å². The fraction of sp³-hybridized carbons (Fsp3) is 0.400. The van der Waals surface area contributed by atoms with Crippen LogP contribution in [0.4, 0.5) is 0 Å². The Hall–Kier alpha value is -2.41. The Balaban J connectivity index is 2.79. The smallest absolute Gasteiger partial charge is 0.272 e. The highest BCUT2D eigenvalue weighted by atomic mass is 16.5. The van der Waals surface area contributed by atoms with Crippen LogP contribution < -0.4 is 0 Å².